The number of benzene rings is 1. The second kappa shape index (κ2) is 8.86. The van der Waals surface area contributed by atoms with Gasteiger partial charge in [-0.25, -0.2) is 0 Å². The van der Waals surface area contributed by atoms with E-state index in [1.54, 1.807) is 31.3 Å². The van der Waals surface area contributed by atoms with Gasteiger partial charge in [0, 0.05) is 31.3 Å². The first-order chi connectivity index (χ1) is 13.1. The average Bonchev–Trinajstić information content (AvgIpc) is 2.70. The van der Waals surface area contributed by atoms with E-state index in [4.69, 9.17) is 16.3 Å². The molecule has 2 amide bonds. The van der Waals surface area contributed by atoms with Crippen molar-refractivity contribution in [3.63, 3.8) is 0 Å². The Labute approximate surface area is 163 Å². The van der Waals surface area contributed by atoms with Gasteiger partial charge in [-0.1, -0.05) is 23.7 Å². The maximum Gasteiger partial charge on any atom is 0.270 e. The number of nitrogens with one attached hydrogen (secondary N) is 2. The van der Waals surface area contributed by atoms with Crippen LogP contribution in [0.2, 0.25) is 5.02 Å². The first kappa shape index (κ1) is 19.2. The molecule has 6 nitrogen and oxygen atoms in total. The first-order valence-corrected chi connectivity index (χ1v) is 9.35. The third kappa shape index (κ3) is 4.98. The van der Waals surface area contributed by atoms with Gasteiger partial charge in [0.25, 0.3) is 5.91 Å². The summed E-state index contributed by atoms with van der Waals surface area (Å²) < 4.78 is 5.75. The Balaban J connectivity index is 1.59. The normalized spacial score (nSPS) is 19.2. The zero-order valence-corrected chi connectivity index (χ0v) is 15.8. The minimum Gasteiger partial charge on any atom is -0.456 e. The summed E-state index contributed by atoms with van der Waals surface area (Å²) in [5.74, 6) is 0.873. The van der Waals surface area contributed by atoms with E-state index in [1.807, 2.05) is 12.1 Å². The lowest BCUT2D eigenvalue weighted by atomic mass is 9.85. The van der Waals surface area contributed by atoms with E-state index in [0.29, 0.717) is 16.5 Å². The Bertz CT molecular complexity index is 820. The fourth-order valence-electron chi connectivity index (χ4n) is 3.22. The monoisotopic (exact) mass is 387 g/mol. The van der Waals surface area contributed by atoms with Crippen LogP contribution in [0, 0.1) is 5.92 Å². The fraction of sp³-hybridized carbons (Fsp3) is 0.350. The van der Waals surface area contributed by atoms with Gasteiger partial charge in [-0.15, -0.1) is 0 Å². The lowest BCUT2D eigenvalue weighted by Crippen LogP contribution is -2.40. The molecule has 0 bridgehead atoms. The number of carbonyl (C=O) groups is 2. The Kier molecular flexibility index (Phi) is 6.29. The van der Waals surface area contributed by atoms with E-state index in [2.05, 4.69) is 15.6 Å². The molecule has 0 aliphatic heterocycles. The molecule has 1 fully saturated rings. The van der Waals surface area contributed by atoms with E-state index in [9.17, 15) is 9.59 Å². The molecule has 7 heteroatoms. The molecule has 1 saturated carbocycles. The van der Waals surface area contributed by atoms with Gasteiger partial charge in [0.05, 0.1) is 5.02 Å². The third-order valence-corrected chi connectivity index (χ3v) is 5.02. The molecule has 0 spiro atoms. The van der Waals surface area contributed by atoms with E-state index in [1.165, 1.54) is 6.20 Å². The zero-order chi connectivity index (χ0) is 19.2. The SMILES string of the molecule is CNC(=O)C1CCC(NC(=O)c2cc(Oc3ccccc3Cl)ccn2)CC1. The highest BCUT2D eigenvalue weighted by Gasteiger charge is 2.26. The van der Waals surface area contributed by atoms with Crippen molar-refractivity contribution in [1.82, 2.24) is 15.6 Å². The number of nitrogens with zero attached hydrogens (tertiary/aromatic N) is 1. The van der Waals surface area contributed by atoms with Crippen LogP contribution in [0.15, 0.2) is 42.6 Å². The van der Waals surface area contributed by atoms with Gasteiger partial charge >= 0.3 is 0 Å². The summed E-state index contributed by atoms with van der Waals surface area (Å²) in [6.07, 6.45) is 4.63. The Hall–Kier alpha value is -2.60. The Morgan fingerprint density at radius 3 is 2.59 bits per heavy atom. The van der Waals surface area contributed by atoms with Crippen LogP contribution in [0.5, 0.6) is 11.5 Å². The molecule has 1 aliphatic rings. The maximum absolute atomic E-state index is 12.5. The van der Waals surface area contributed by atoms with Crippen molar-refractivity contribution < 1.29 is 14.3 Å². The van der Waals surface area contributed by atoms with Gasteiger partial charge in [-0.2, -0.15) is 0 Å². The Morgan fingerprint density at radius 1 is 1.15 bits per heavy atom. The predicted molar refractivity (Wildman–Crippen MR) is 103 cm³/mol. The van der Waals surface area contributed by atoms with Crippen LogP contribution in [0.3, 0.4) is 0 Å². The molecule has 1 aliphatic carbocycles. The topological polar surface area (TPSA) is 80.3 Å². The standard InChI is InChI=1S/C20H22ClN3O3/c1-22-19(25)13-6-8-14(9-7-13)24-20(26)17-12-15(10-11-23-17)27-18-5-3-2-4-16(18)21/h2-5,10-14H,6-9H2,1H3,(H,22,25)(H,24,26). The number of rotatable bonds is 5. The number of hydrogen-bond donors (Lipinski definition) is 2. The van der Waals surface area contributed by atoms with Gasteiger partial charge < -0.3 is 15.4 Å². The zero-order valence-electron chi connectivity index (χ0n) is 15.1. The number of carbonyl (C=O) groups excluding carboxylic acids is 2. The first-order valence-electron chi connectivity index (χ1n) is 8.97. The second-order valence-electron chi connectivity index (χ2n) is 6.55. The summed E-state index contributed by atoms with van der Waals surface area (Å²) in [4.78, 5) is 28.4. The number of amides is 2. The van der Waals surface area contributed by atoms with Crippen LogP contribution in [-0.2, 0) is 4.79 Å². The molecule has 2 aromatic rings. The highest BCUT2D eigenvalue weighted by atomic mass is 35.5. The van der Waals surface area contributed by atoms with Gasteiger partial charge in [0.1, 0.15) is 17.2 Å². The molecule has 0 atom stereocenters. The number of halogens is 1. The molecule has 0 saturated heterocycles. The molecule has 1 aromatic carbocycles. The molecule has 27 heavy (non-hydrogen) atoms. The highest BCUT2D eigenvalue weighted by molar-refractivity contribution is 6.32. The largest absolute Gasteiger partial charge is 0.456 e. The number of para-hydroxylation sites is 1. The molecule has 0 unspecified atom stereocenters. The molecule has 142 valence electrons. The highest BCUT2D eigenvalue weighted by Crippen LogP contribution is 2.29. The maximum atomic E-state index is 12.5. The molecule has 0 radical (unpaired) electrons. The van der Waals surface area contributed by atoms with Crippen molar-refractivity contribution >= 4 is 23.4 Å². The minimum absolute atomic E-state index is 0.0358. The van der Waals surface area contributed by atoms with Crippen molar-refractivity contribution in [3.05, 3.63) is 53.3 Å². The van der Waals surface area contributed by atoms with Crippen LogP contribution in [-0.4, -0.2) is 29.9 Å². The number of aromatic nitrogens is 1. The van der Waals surface area contributed by atoms with Gasteiger partial charge in [0.15, 0.2) is 0 Å². The number of pyridine rings is 1. The van der Waals surface area contributed by atoms with E-state index in [-0.39, 0.29) is 29.5 Å². The van der Waals surface area contributed by atoms with Crippen molar-refractivity contribution in [3.8, 4) is 11.5 Å². The van der Waals surface area contributed by atoms with Crippen molar-refractivity contribution in [2.24, 2.45) is 5.92 Å². The summed E-state index contributed by atoms with van der Waals surface area (Å²) >= 11 is 6.10. The minimum atomic E-state index is -0.247. The average molecular weight is 388 g/mol. The number of ether oxygens (including phenoxy) is 1. The van der Waals surface area contributed by atoms with Crippen LogP contribution < -0.4 is 15.4 Å². The fourth-order valence-corrected chi connectivity index (χ4v) is 3.39. The van der Waals surface area contributed by atoms with Gasteiger partial charge in [0.2, 0.25) is 5.91 Å². The van der Waals surface area contributed by atoms with E-state index >= 15 is 0 Å². The molecule has 3 rings (SSSR count). The van der Waals surface area contributed by atoms with Crippen molar-refractivity contribution in [1.29, 1.82) is 0 Å². The van der Waals surface area contributed by atoms with Gasteiger partial charge in [-0.3, -0.25) is 14.6 Å². The van der Waals surface area contributed by atoms with E-state index < -0.39 is 0 Å². The van der Waals surface area contributed by atoms with Crippen LogP contribution in [0.4, 0.5) is 0 Å². The van der Waals surface area contributed by atoms with Crippen LogP contribution >= 0.6 is 11.6 Å². The van der Waals surface area contributed by atoms with Crippen LogP contribution in [0.1, 0.15) is 36.2 Å². The number of hydrogen-bond acceptors (Lipinski definition) is 4. The smallest absolute Gasteiger partial charge is 0.270 e. The van der Waals surface area contributed by atoms with Crippen LogP contribution in [0.25, 0.3) is 0 Å². The molecule has 2 N–H and O–H groups in total. The summed E-state index contributed by atoms with van der Waals surface area (Å²) in [6.45, 7) is 0. The van der Waals surface area contributed by atoms with Crippen molar-refractivity contribution in [2.45, 2.75) is 31.7 Å². The quantitative estimate of drug-likeness (QED) is 0.822. The second-order valence-corrected chi connectivity index (χ2v) is 6.95. The molecule has 1 heterocycles. The third-order valence-electron chi connectivity index (χ3n) is 4.71. The molecular weight excluding hydrogens is 366 g/mol. The summed E-state index contributed by atoms with van der Waals surface area (Å²) in [6, 6.07) is 10.5. The summed E-state index contributed by atoms with van der Waals surface area (Å²) in [5.41, 5.74) is 0.285. The summed E-state index contributed by atoms with van der Waals surface area (Å²) in [5, 5.41) is 6.18. The van der Waals surface area contributed by atoms with E-state index in [0.717, 1.165) is 25.7 Å². The van der Waals surface area contributed by atoms with Crippen molar-refractivity contribution in [2.75, 3.05) is 7.05 Å². The molecule has 1 aromatic heterocycles. The lowest BCUT2D eigenvalue weighted by Gasteiger charge is -2.28. The molecular formula is C20H22ClN3O3. The van der Waals surface area contributed by atoms with Gasteiger partial charge in [-0.05, 0) is 43.9 Å². The predicted octanol–water partition coefficient (Wildman–Crippen LogP) is 3.56. The lowest BCUT2D eigenvalue weighted by molar-refractivity contribution is -0.125. The Morgan fingerprint density at radius 2 is 1.89 bits per heavy atom. The summed E-state index contributed by atoms with van der Waals surface area (Å²) in [7, 11) is 1.65.